The van der Waals surface area contributed by atoms with Crippen LogP contribution in [0.15, 0.2) is 42.6 Å². The molecule has 26 heavy (non-hydrogen) atoms. The number of rotatable bonds is 5. The van der Waals surface area contributed by atoms with Crippen LogP contribution in [-0.4, -0.2) is 63.9 Å². The second kappa shape index (κ2) is 7.60. The third kappa shape index (κ3) is 3.52. The van der Waals surface area contributed by atoms with Crippen LogP contribution in [0.2, 0.25) is 0 Å². The van der Waals surface area contributed by atoms with E-state index in [0.717, 1.165) is 45.7 Å². The highest BCUT2D eigenvalue weighted by Gasteiger charge is 2.39. The van der Waals surface area contributed by atoms with Gasteiger partial charge in [-0.15, -0.1) is 0 Å². The molecule has 0 radical (unpaired) electrons. The van der Waals surface area contributed by atoms with Gasteiger partial charge in [-0.1, -0.05) is 30.3 Å². The lowest BCUT2D eigenvalue weighted by atomic mass is 9.98. The molecule has 2 aromatic rings. The molecule has 0 atom stereocenters. The summed E-state index contributed by atoms with van der Waals surface area (Å²) in [5.74, 6) is 0.0767. The molecule has 0 aliphatic carbocycles. The van der Waals surface area contributed by atoms with E-state index in [1.165, 1.54) is 5.56 Å². The first-order valence-electron chi connectivity index (χ1n) is 9.37. The van der Waals surface area contributed by atoms with Gasteiger partial charge in [-0.3, -0.25) is 14.4 Å². The molecule has 0 N–H and O–H groups in total. The Kier molecular flexibility index (Phi) is 5.04. The lowest BCUT2D eigenvalue weighted by Crippen LogP contribution is -2.63. The van der Waals surface area contributed by atoms with E-state index in [1.54, 1.807) is 16.9 Å². The van der Waals surface area contributed by atoms with E-state index in [0.29, 0.717) is 17.8 Å². The van der Waals surface area contributed by atoms with Crippen molar-refractivity contribution in [2.24, 2.45) is 7.05 Å². The Balaban J connectivity index is 1.43. The van der Waals surface area contributed by atoms with Crippen LogP contribution in [0.4, 0.5) is 0 Å². The van der Waals surface area contributed by atoms with E-state index in [-0.39, 0.29) is 5.91 Å². The number of benzene rings is 1. The SMILES string of the molecule is Cn1nccc1C(=O)N1CC(N(Cc2ccccc2)C2CCOCC2)C1. The summed E-state index contributed by atoms with van der Waals surface area (Å²) >= 11 is 0. The molecule has 2 saturated heterocycles. The number of carbonyl (C=O) groups is 1. The number of aromatic nitrogens is 2. The minimum absolute atomic E-state index is 0.0767. The van der Waals surface area contributed by atoms with E-state index in [1.807, 2.05) is 11.9 Å². The fourth-order valence-corrected chi connectivity index (χ4v) is 3.94. The summed E-state index contributed by atoms with van der Waals surface area (Å²) in [6.45, 7) is 4.17. The third-order valence-electron chi connectivity index (χ3n) is 5.53. The van der Waals surface area contributed by atoms with Crippen molar-refractivity contribution in [3.05, 3.63) is 53.9 Å². The molecule has 0 saturated carbocycles. The second-order valence-corrected chi connectivity index (χ2v) is 7.21. The van der Waals surface area contributed by atoms with Crippen LogP contribution in [0.1, 0.15) is 28.9 Å². The highest BCUT2D eigenvalue weighted by Crippen LogP contribution is 2.26. The zero-order valence-electron chi connectivity index (χ0n) is 15.3. The van der Waals surface area contributed by atoms with Crippen molar-refractivity contribution in [2.45, 2.75) is 31.5 Å². The van der Waals surface area contributed by atoms with Crippen LogP contribution in [0.5, 0.6) is 0 Å². The van der Waals surface area contributed by atoms with Crippen molar-refractivity contribution in [3.8, 4) is 0 Å². The fourth-order valence-electron chi connectivity index (χ4n) is 3.94. The smallest absolute Gasteiger partial charge is 0.272 e. The monoisotopic (exact) mass is 354 g/mol. The molecule has 2 aliphatic heterocycles. The molecule has 0 bridgehead atoms. The molecule has 0 spiro atoms. The number of hydrogen-bond acceptors (Lipinski definition) is 4. The van der Waals surface area contributed by atoms with E-state index >= 15 is 0 Å². The molecule has 1 amide bonds. The van der Waals surface area contributed by atoms with Gasteiger partial charge in [-0.2, -0.15) is 5.10 Å². The van der Waals surface area contributed by atoms with Gasteiger partial charge in [0, 0.05) is 58.2 Å². The average Bonchev–Trinajstić information content (AvgIpc) is 3.07. The Morgan fingerprint density at radius 1 is 1.15 bits per heavy atom. The van der Waals surface area contributed by atoms with Crippen molar-refractivity contribution in [1.82, 2.24) is 19.6 Å². The Bertz CT molecular complexity index is 733. The summed E-state index contributed by atoms with van der Waals surface area (Å²) in [7, 11) is 1.81. The van der Waals surface area contributed by atoms with Gasteiger partial charge in [0.15, 0.2) is 0 Å². The molecule has 1 aromatic carbocycles. The molecular formula is C20H26N4O2. The lowest BCUT2D eigenvalue weighted by Gasteiger charge is -2.49. The first-order valence-corrected chi connectivity index (χ1v) is 9.37. The van der Waals surface area contributed by atoms with Crippen LogP contribution >= 0.6 is 0 Å². The maximum Gasteiger partial charge on any atom is 0.272 e. The van der Waals surface area contributed by atoms with Gasteiger partial charge < -0.3 is 9.64 Å². The van der Waals surface area contributed by atoms with Crippen LogP contribution in [0, 0.1) is 0 Å². The average molecular weight is 354 g/mol. The number of aryl methyl sites for hydroxylation is 1. The first-order chi connectivity index (χ1) is 12.7. The zero-order chi connectivity index (χ0) is 17.9. The summed E-state index contributed by atoms with van der Waals surface area (Å²) in [5, 5.41) is 4.11. The number of ether oxygens (including phenoxy) is 1. The summed E-state index contributed by atoms with van der Waals surface area (Å²) in [5.41, 5.74) is 1.99. The molecule has 0 unspecified atom stereocenters. The molecule has 138 valence electrons. The van der Waals surface area contributed by atoms with Crippen molar-refractivity contribution in [2.75, 3.05) is 26.3 Å². The molecule has 6 heteroatoms. The summed E-state index contributed by atoms with van der Waals surface area (Å²) in [4.78, 5) is 17.2. The maximum atomic E-state index is 12.6. The van der Waals surface area contributed by atoms with Crippen molar-refractivity contribution >= 4 is 5.91 Å². The van der Waals surface area contributed by atoms with Gasteiger partial charge in [0.25, 0.3) is 5.91 Å². The quantitative estimate of drug-likeness (QED) is 0.823. The van der Waals surface area contributed by atoms with Gasteiger partial charge in [-0.25, -0.2) is 0 Å². The number of amides is 1. The minimum atomic E-state index is 0.0767. The predicted molar refractivity (Wildman–Crippen MR) is 98.7 cm³/mol. The summed E-state index contributed by atoms with van der Waals surface area (Å²) < 4.78 is 7.20. The Labute approximate surface area is 154 Å². The standard InChI is InChI=1S/C20H26N4O2/c1-22-19(7-10-21-22)20(25)23-14-18(15-23)24(17-8-11-26-12-9-17)13-16-5-3-2-4-6-16/h2-7,10,17-18H,8-9,11-15H2,1H3. The normalized spacial score (nSPS) is 18.9. The Morgan fingerprint density at radius 2 is 1.88 bits per heavy atom. The van der Waals surface area contributed by atoms with Crippen LogP contribution in [0.3, 0.4) is 0 Å². The molecule has 6 nitrogen and oxygen atoms in total. The van der Waals surface area contributed by atoms with E-state index < -0.39 is 0 Å². The van der Waals surface area contributed by atoms with Crippen LogP contribution in [0.25, 0.3) is 0 Å². The highest BCUT2D eigenvalue weighted by atomic mass is 16.5. The van der Waals surface area contributed by atoms with Gasteiger partial charge in [0.2, 0.25) is 0 Å². The second-order valence-electron chi connectivity index (χ2n) is 7.21. The van der Waals surface area contributed by atoms with Gasteiger partial charge >= 0.3 is 0 Å². The van der Waals surface area contributed by atoms with Gasteiger partial charge in [0.1, 0.15) is 5.69 Å². The molecule has 3 heterocycles. The van der Waals surface area contributed by atoms with Crippen molar-refractivity contribution in [1.29, 1.82) is 0 Å². The molecule has 1 aromatic heterocycles. The Morgan fingerprint density at radius 3 is 2.54 bits per heavy atom. The van der Waals surface area contributed by atoms with Crippen LogP contribution in [-0.2, 0) is 18.3 Å². The third-order valence-corrected chi connectivity index (χ3v) is 5.53. The van der Waals surface area contributed by atoms with Crippen molar-refractivity contribution < 1.29 is 9.53 Å². The van der Waals surface area contributed by atoms with Gasteiger partial charge in [-0.05, 0) is 24.5 Å². The topological polar surface area (TPSA) is 50.6 Å². The van der Waals surface area contributed by atoms with E-state index in [4.69, 9.17) is 4.74 Å². The van der Waals surface area contributed by atoms with E-state index in [2.05, 4.69) is 40.3 Å². The van der Waals surface area contributed by atoms with Gasteiger partial charge in [0.05, 0.1) is 0 Å². The number of nitrogens with zero attached hydrogens (tertiary/aromatic N) is 4. The maximum absolute atomic E-state index is 12.6. The largest absolute Gasteiger partial charge is 0.381 e. The highest BCUT2D eigenvalue weighted by molar-refractivity contribution is 5.93. The number of likely N-dealkylation sites (tertiary alicyclic amines) is 1. The zero-order valence-corrected chi connectivity index (χ0v) is 15.3. The molecule has 4 rings (SSSR count). The van der Waals surface area contributed by atoms with Crippen molar-refractivity contribution in [3.63, 3.8) is 0 Å². The lowest BCUT2D eigenvalue weighted by molar-refractivity contribution is -0.0292. The number of hydrogen-bond donors (Lipinski definition) is 0. The van der Waals surface area contributed by atoms with E-state index in [9.17, 15) is 4.79 Å². The number of carbonyl (C=O) groups excluding carboxylic acids is 1. The fraction of sp³-hybridized carbons (Fsp3) is 0.500. The summed E-state index contributed by atoms with van der Waals surface area (Å²) in [6.07, 6.45) is 3.81. The predicted octanol–water partition coefficient (Wildman–Crippen LogP) is 1.93. The minimum Gasteiger partial charge on any atom is -0.381 e. The summed E-state index contributed by atoms with van der Waals surface area (Å²) in [6, 6.07) is 13.3. The Hall–Kier alpha value is -2.18. The molecule has 2 aliphatic rings. The molecule has 2 fully saturated rings. The van der Waals surface area contributed by atoms with Crippen LogP contribution < -0.4 is 0 Å². The molecular weight excluding hydrogens is 328 g/mol. The first kappa shape index (κ1) is 17.2.